The average molecular weight is 324 g/mol. The number of thioether (sulfide) groups is 1. The third-order valence-corrected chi connectivity index (χ3v) is 3.70. The SMILES string of the molecule is CC(=O)SCC(O)C(O)c1ccc(C(F)(F)F)cc1CO. The molecule has 0 saturated heterocycles. The van der Waals surface area contributed by atoms with Crippen LogP contribution >= 0.6 is 11.8 Å². The lowest BCUT2D eigenvalue weighted by Gasteiger charge is -2.20. The Balaban J connectivity index is 2.98. The number of rotatable bonds is 5. The zero-order valence-electron chi connectivity index (χ0n) is 11.1. The van der Waals surface area contributed by atoms with Crippen LogP contribution in [0.25, 0.3) is 0 Å². The van der Waals surface area contributed by atoms with Crippen LogP contribution in [0.4, 0.5) is 13.2 Å². The van der Waals surface area contributed by atoms with Gasteiger partial charge in [-0.1, -0.05) is 17.8 Å². The smallest absolute Gasteiger partial charge is 0.392 e. The van der Waals surface area contributed by atoms with Gasteiger partial charge in [0, 0.05) is 12.7 Å². The Kier molecular flexibility index (Phi) is 6.21. The van der Waals surface area contributed by atoms with Gasteiger partial charge >= 0.3 is 6.18 Å². The van der Waals surface area contributed by atoms with E-state index in [4.69, 9.17) is 5.11 Å². The quantitative estimate of drug-likeness (QED) is 0.771. The predicted molar refractivity (Wildman–Crippen MR) is 71.5 cm³/mol. The van der Waals surface area contributed by atoms with Crippen molar-refractivity contribution in [1.82, 2.24) is 0 Å². The Morgan fingerprint density at radius 1 is 1.33 bits per heavy atom. The molecule has 8 heteroatoms. The standard InChI is InChI=1S/C13H15F3O4S/c1-7(18)21-6-11(19)12(20)10-3-2-9(13(14,15)16)4-8(10)5-17/h2-4,11-12,17,19-20H,5-6H2,1H3. The molecule has 118 valence electrons. The van der Waals surface area contributed by atoms with E-state index in [0.29, 0.717) is 0 Å². The minimum atomic E-state index is -4.56. The Morgan fingerprint density at radius 2 is 1.95 bits per heavy atom. The van der Waals surface area contributed by atoms with E-state index >= 15 is 0 Å². The fraction of sp³-hybridized carbons (Fsp3) is 0.462. The maximum Gasteiger partial charge on any atom is 0.416 e. The number of aliphatic hydroxyl groups excluding tert-OH is 3. The summed E-state index contributed by atoms with van der Waals surface area (Å²) in [5, 5.41) is 28.6. The van der Waals surface area contributed by atoms with Gasteiger partial charge in [-0.3, -0.25) is 4.79 Å². The zero-order chi connectivity index (χ0) is 16.2. The highest BCUT2D eigenvalue weighted by molar-refractivity contribution is 8.13. The highest BCUT2D eigenvalue weighted by Gasteiger charge is 2.32. The molecule has 0 aliphatic rings. The van der Waals surface area contributed by atoms with Gasteiger partial charge in [-0.2, -0.15) is 13.2 Å². The number of halogens is 3. The molecule has 3 N–H and O–H groups in total. The molecule has 2 unspecified atom stereocenters. The molecule has 0 bridgehead atoms. The van der Waals surface area contributed by atoms with Crippen LogP contribution in [-0.2, 0) is 17.6 Å². The zero-order valence-corrected chi connectivity index (χ0v) is 11.9. The van der Waals surface area contributed by atoms with Gasteiger partial charge in [-0.05, 0) is 23.3 Å². The number of benzene rings is 1. The van der Waals surface area contributed by atoms with Crippen LogP contribution in [0.3, 0.4) is 0 Å². The average Bonchev–Trinajstić information content (AvgIpc) is 2.42. The molecular weight excluding hydrogens is 309 g/mol. The molecule has 0 radical (unpaired) electrons. The number of aliphatic hydroxyl groups is 3. The van der Waals surface area contributed by atoms with Crippen molar-refractivity contribution in [2.24, 2.45) is 0 Å². The van der Waals surface area contributed by atoms with E-state index in [1.165, 1.54) is 6.92 Å². The molecule has 2 atom stereocenters. The molecule has 1 rings (SSSR count). The van der Waals surface area contributed by atoms with Crippen LogP contribution in [0.1, 0.15) is 29.7 Å². The molecule has 1 aromatic rings. The molecule has 4 nitrogen and oxygen atoms in total. The molecule has 1 aromatic carbocycles. The van der Waals surface area contributed by atoms with E-state index < -0.39 is 30.6 Å². The van der Waals surface area contributed by atoms with E-state index in [-0.39, 0.29) is 22.0 Å². The first-order valence-electron chi connectivity index (χ1n) is 5.97. The van der Waals surface area contributed by atoms with Crippen molar-refractivity contribution < 1.29 is 33.3 Å². The first kappa shape index (κ1) is 18.0. The minimum absolute atomic E-state index is 0.00199. The predicted octanol–water partition coefficient (Wildman–Crippen LogP) is 1.87. The number of carbonyl (C=O) groups is 1. The Labute approximate surface area is 123 Å². The molecule has 0 saturated carbocycles. The lowest BCUT2D eigenvalue weighted by Crippen LogP contribution is -2.23. The number of hydrogen-bond donors (Lipinski definition) is 3. The van der Waals surface area contributed by atoms with Crippen LogP contribution in [0.15, 0.2) is 18.2 Å². The lowest BCUT2D eigenvalue weighted by molar-refractivity contribution is -0.137. The van der Waals surface area contributed by atoms with Crippen LogP contribution in [0, 0.1) is 0 Å². The monoisotopic (exact) mass is 324 g/mol. The summed E-state index contributed by atoms with van der Waals surface area (Å²) in [4.78, 5) is 10.8. The fourth-order valence-electron chi connectivity index (χ4n) is 1.71. The highest BCUT2D eigenvalue weighted by atomic mass is 32.2. The number of alkyl halides is 3. The van der Waals surface area contributed by atoms with Crippen LogP contribution in [0.5, 0.6) is 0 Å². The van der Waals surface area contributed by atoms with Crippen LogP contribution < -0.4 is 0 Å². The Morgan fingerprint density at radius 3 is 2.43 bits per heavy atom. The van der Waals surface area contributed by atoms with Crippen molar-refractivity contribution in [3.63, 3.8) is 0 Å². The summed E-state index contributed by atoms with van der Waals surface area (Å²) in [5.74, 6) is -0.0949. The maximum atomic E-state index is 12.6. The van der Waals surface area contributed by atoms with Gasteiger partial charge in [0.15, 0.2) is 5.12 Å². The van der Waals surface area contributed by atoms with Crippen LogP contribution in [-0.4, -0.2) is 32.3 Å². The Bertz CT molecular complexity index is 505. The van der Waals surface area contributed by atoms with Crippen molar-refractivity contribution in [3.05, 3.63) is 34.9 Å². The van der Waals surface area contributed by atoms with E-state index in [2.05, 4.69) is 0 Å². The number of carbonyl (C=O) groups excluding carboxylic acids is 1. The largest absolute Gasteiger partial charge is 0.416 e. The van der Waals surface area contributed by atoms with E-state index in [1.54, 1.807) is 0 Å². The first-order valence-corrected chi connectivity index (χ1v) is 6.95. The lowest BCUT2D eigenvalue weighted by atomic mass is 9.97. The molecule has 0 amide bonds. The van der Waals surface area contributed by atoms with Crippen molar-refractivity contribution in [2.75, 3.05) is 5.75 Å². The summed E-state index contributed by atoms with van der Waals surface area (Å²) in [6.07, 6.45) is -7.38. The third-order valence-electron chi connectivity index (χ3n) is 2.78. The van der Waals surface area contributed by atoms with Gasteiger partial charge in [0.1, 0.15) is 6.10 Å². The normalized spacial score (nSPS) is 14.8. The van der Waals surface area contributed by atoms with Gasteiger partial charge < -0.3 is 15.3 Å². The summed E-state index contributed by atoms with van der Waals surface area (Å²) >= 11 is 0.792. The van der Waals surface area contributed by atoms with Gasteiger partial charge in [0.25, 0.3) is 0 Å². The molecule has 0 heterocycles. The maximum absolute atomic E-state index is 12.6. The van der Waals surface area contributed by atoms with Crippen molar-refractivity contribution >= 4 is 16.9 Å². The van der Waals surface area contributed by atoms with Crippen molar-refractivity contribution in [2.45, 2.75) is 31.9 Å². The highest BCUT2D eigenvalue weighted by Crippen LogP contribution is 2.32. The second-order valence-electron chi connectivity index (χ2n) is 4.38. The van der Waals surface area contributed by atoms with Crippen LogP contribution in [0.2, 0.25) is 0 Å². The summed E-state index contributed by atoms with van der Waals surface area (Å²) in [5.41, 5.74) is -1.07. The molecule has 0 fully saturated rings. The second kappa shape index (κ2) is 7.26. The second-order valence-corrected chi connectivity index (χ2v) is 5.58. The van der Waals surface area contributed by atoms with Gasteiger partial charge in [0.2, 0.25) is 0 Å². The Hall–Kier alpha value is -1.09. The van der Waals surface area contributed by atoms with Gasteiger partial charge in [-0.25, -0.2) is 0 Å². The summed E-state index contributed by atoms with van der Waals surface area (Å²) < 4.78 is 37.7. The summed E-state index contributed by atoms with van der Waals surface area (Å²) in [7, 11) is 0. The molecule has 0 aliphatic carbocycles. The van der Waals surface area contributed by atoms with Crippen molar-refractivity contribution in [1.29, 1.82) is 0 Å². The molecule has 0 spiro atoms. The molecule has 21 heavy (non-hydrogen) atoms. The van der Waals surface area contributed by atoms with Gasteiger partial charge in [0.05, 0.1) is 18.3 Å². The minimum Gasteiger partial charge on any atom is -0.392 e. The van der Waals surface area contributed by atoms with Crippen molar-refractivity contribution in [3.8, 4) is 0 Å². The first-order chi connectivity index (χ1) is 9.66. The molecule has 0 aromatic heterocycles. The van der Waals surface area contributed by atoms with E-state index in [9.17, 15) is 28.2 Å². The topological polar surface area (TPSA) is 77.8 Å². The van der Waals surface area contributed by atoms with Gasteiger partial charge in [-0.15, -0.1) is 0 Å². The third kappa shape index (κ3) is 4.99. The molecule has 0 aliphatic heterocycles. The van der Waals surface area contributed by atoms with E-state index in [1.807, 2.05) is 0 Å². The fourth-order valence-corrected chi connectivity index (χ4v) is 2.30. The summed E-state index contributed by atoms with van der Waals surface area (Å²) in [6, 6.07) is 2.51. The number of hydrogen-bond acceptors (Lipinski definition) is 5. The summed E-state index contributed by atoms with van der Waals surface area (Å²) in [6.45, 7) is 0.587. The van der Waals surface area contributed by atoms with E-state index in [0.717, 1.165) is 30.0 Å². The molecular formula is C13H15F3O4S.